The molecule has 2 rings (SSSR count). The maximum Gasteiger partial charge on any atom is 0.342 e. The van der Waals surface area contributed by atoms with Gasteiger partial charge in [-0.25, -0.2) is 9.59 Å². The highest BCUT2D eigenvalue weighted by atomic mass is 16.5. The number of methoxy groups -OCH3 is 1. The van der Waals surface area contributed by atoms with Crippen molar-refractivity contribution >= 4 is 11.9 Å². The number of fused-ring (bicyclic) bond motifs is 1. The van der Waals surface area contributed by atoms with Gasteiger partial charge in [0.05, 0.1) is 13.2 Å². The predicted molar refractivity (Wildman–Crippen MR) is 100 cm³/mol. The Morgan fingerprint density at radius 1 is 1.37 bits per heavy atom. The average Bonchev–Trinajstić information content (AvgIpc) is 2.63. The summed E-state index contributed by atoms with van der Waals surface area (Å²) >= 11 is 0. The molecule has 0 aliphatic carbocycles. The lowest BCUT2D eigenvalue weighted by Crippen LogP contribution is -2.28. The number of hydrogen-bond acceptors (Lipinski definition) is 6. The first kappa shape index (κ1) is 20.7. The molecule has 0 bridgehead atoms. The van der Waals surface area contributed by atoms with Gasteiger partial charge < -0.3 is 19.7 Å². The number of phenolic OH excluding ortho intramolecular Hbond substituents is 1. The molecule has 3 atom stereocenters. The summed E-state index contributed by atoms with van der Waals surface area (Å²) in [5.41, 5.74) is 0.807. The molecule has 1 unspecified atom stereocenters. The van der Waals surface area contributed by atoms with Crippen LogP contribution in [-0.2, 0) is 20.7 Å². The van der Waals surface area contributed by atoms with Crippen molar-refractivity contribution in [3.05, 3.63) is 53.6 Å². The second-order valence-corrected chi connectivity index (χ2v) is 6.69. The summed E-state index contributed by atoms with van der Waals surface area (Å²) in [6.45, 7) is 1.93. The number of aliphatic hydroxyl groups is 1. The van der Waals surface area contributed by atoms with E-state index in [1.165, 1.54) is 19.3 Å². The van der Waals surface area contributed by atoms with Crippen LogP contribution in [0.25, 0.3) is 0 Å². The monoisotopic (exact) mass is 374 g/mol. The Labute approximate surface area is 159 Å². The molecule has 0 saturated heterocycles. The smallest absolute Gasteiger partial charge is 0.342 e. The molecule has 1 aliphatic heterocycles. The van der Waals surface area contributed by atoms with Crippen LogP contribution >= 0.6 is 0 Å². The van der Waals surface area contributed by atoms with Crippen molar-refractivity contribution in [2.75, 3.05) is 7.11 Å². The predicted octanol–water partition coefficient (Wildman–Crippen LogP) is 2.93. The summed E-state index contributed by atoms with van der Waals surface area (Å²) in [7, 11) is 1.28. The molecule has 1 aliphatic rings. The fraction of sp³-hybridized carbons (Fsp3) is 0.429. The Bertz CT molecular complexity index is 721. The third kappa shape index (κ3) is 5.96. The number of hydrogen-bond donors (Lipinski definition) is 2. The Kier molecular flexibility index (Phi) is 7.61. The van der Waals surface area contributed by atoms with Gasteiger partial charge in [0.15, 0.2) is 0 Å². The number of allylic oxidation sites excluding steroid dienone is 2. The van der Waals surface area contributed by atoms with Crippen LogP contribution in [0.3, 0.4) is 0 Å². The topological polar surface area (TPSA) is 93.1 Å². The van der Waals surface area contributed by atoms with Crippen LogP contribution in [0.2, 0.25) is 0 Å². The van der Waals surface area contributed by atoms with Crippen LogP contribution in [0.4, 0.5) is 0 Å². The Hall–Kier alpha value is -2.60. The molecule has 1 aromatic rings. The van der Waals surface area contributed by atoms with E-state index in [0.717, 1.165) is 0 Å². The van der Waals surface area contributed by atoms with Gasteiger partial charge in [0, 0.05) is 18.9 Å². The fourth-order valence-electron chi connectivity index (χ4n) is 2.96. The third-order valence-corrected chi connectivity index (χ3v) is 4.63. The summed E-state index contributed by atoms with van der Waals surface area (Å²) in [6.07, 6.45) is 7.07. The SMILES string of the molecule is COC(=O)/C=C/CC1C[C@@H](O)[C@@H](C)C/C=C/Cc2cccc(O)c2C(=O)O1. The number of carbonyl (C=O) groups is 2. The van der Waals surface area contributed by atoms with Gasteiger partial charge in [-0.05, 0) is 30.4 Å². The first-order chi connectivity index (χ1) is 12.9. The number of benzene rings is 1. The molecular formula is C21H26O6. The van der Waals surface area contributed by atoms with Crippen LogP contribution < -0.4 is 0 Å². The van der Waals surface area contributed by atoms with E-state index in [0.29, 0.717) is 18.4 Å². The number of ether oxygens (including phenoxy) is 2. The van der Waals surface area contributed by atoms with Crippen LogP contribution in [-0.4, -0.2) is 41.5 Å². The zero-order chi connectivity index (χ0) is 19.8. The number of carbonyl (C=O) groups excluding carboxylic acids is 2. The van der Waals surface area contributed by atoms with Crippen molar-refractivity contribution in [2.45, 2.75) is 44.8 Å². The van der Waals surface area contributed by atoms with Crippen molar-refractivity contribution in [3.63, 3.8) is 0 Å². The van der Waals surface area contributed by atoms with Crippen molar-refractivity contribution in [2.24, 2.45) is 5.92 Å². The summed E-state index contributed by atoms with van der Waals surface area (Å²) < 4.78 is 10.1. The molecule has 0 aromatic heterocycles. The minimum Gasteiger partial charge on any atom is -0.507 e. The molecule has 6 nitrogen and oxygen atoms in total. The molecule has 0 saturated carbocycles. The number of rotatable bonds is 3. The van der Waals surface area contributed by atoms with Crippen molar-refractivity contribution in [1.82, 2.24) is 0 Å². The van der Waals surface area contributed by atoms with Gasteiger partial charge >= 0.3 is 11.9 Å². The molecule has 6 heteroatoms. The maximum atomic E-state index is 12.7. The zero-order valence-electron chi connectivity index (χ0n) is 15.6. The van der Waals surface area contributed by atoms with E-state index in [1.54, 1.807) is 18.2 Å². The van der Waals surface area contributed by atoms with Crippen LogP contribution in [0.1, 0.15) is 42.1 Å². The first-order valence-electron chi connectivity index (χ1n) is 9.01. The van der Waals surface area contributed by atoms with Gasteiger partial charge in [-0.1, -0.05) is 37.3 Å². The number of esters is 2. The molecular weight excluding hydrogens is 348 g/mol. The van der Waals surface area contributed by atoms with Crippen molar-refractivity contribution in [3.8, 4) is 5.75 Å². The summed E-state index contributed by atoms with van der Waals surface area (Å²) in [4.78, 5) is 23.9. The Balaban J connectivity index is 2.29. The van der Waals surface area contributed by atoms with Gasteiger partial charge in [0.25, 0.3) is 0 Å². The summed E-state index contributed by atoms with van der Waals surface area (Å²) in [6, 6.07) is 4.90. The maximum absolute atomic E-state index is 12.7. The largest absolute Gasteiger partial charge is 0.507 e. The highest BCUT2D eigenvalue weighted by Gasteiger charge is 2.25. The highest BCUT2D eigenvalue weighted by Crippen LogP contribution is 2.26. The zero-order valence-corrected chi connectivity index (χ0v) is 15.6. The van der Waals surface area contributed by atoms with E-state index in [9.17, 15) is 19.8 Å². The molecule has 0 spiro atoms. The Morgan fingerprint density at radius 2 is 2.15 bits per heavy atom. The Morgan fingerprint density at radius 3 is 2.89 bits per heavy atom. The van der Waals surface area contributed by atoms with Crippen LogP contribution in [0.5, 0.6) is 5.75 Å². The average molecular weight is 374 g/mol. The van der Waals surface area contributed by atoms with E-state index in [4.69, 9.17) is 4.74 Å². The molecule has 146 valence electrons. The first-order valence-corrected chi connectivity index (χ1v) is 9.01. The van der Waals surface area contributed by atoms with Gasteiger partial charge in [0.1, 0.15) is 17.4 Å². The van der Waals surface area contributed by atoms with E-state index in [2.05, 4.69) is 4.74 Å². The molecule has 27 heavy (non-hydrogen) atoms. The number of phenols is 1. The molecule has 1 heterocycles. The quantitative estimate of drug-likeness (QED) is 0.480. The van der Waals surface area contributed by atoms with Crippen molar-refractivity contribution in [1.29, 1.82) is 0 Å². The van der Waals surface area contributed by atoms with E-state index < -0.39 is 24.1 Å². The third-order valence-electron chi connectivity index (χ3n) is 4.63. The number of cyclic esters (lactones) is 1. The molecule has 0 radical (unpaired) electrons. The lowest BCUT2D eigenvalue weighted by atomic mass is 9.93. The number of aliphatic hydroxyl groups excluding tert-OH is 1. The van der Waals surface area contributed by atoms with E-state index >= 15 is 0 Å². The molecule has 0 amide bonds. The normalized spacial score (nSPS) is 25.0. The summed E-state index contributed by atoms with van der Waals surface area (Å²) in [5, 5.41) is 20.6. The van der Waals surface area contributed by atoms with Crippen LogP contribution in [0.15, 0.2) is 42.5 Å². The minimum absolute atomic E-state index is 0.00453. The molecule has 0 fully saturated rings. The second-order valence-electron chi connectivity index (χ2n) is 6.69. The van der Waals surface area contributed by atoms with E-state index in [-0.39, 0.29) is 30.1 Å². The van der Waals surface area contributed by atoms with Crippen molar-refractivity contribution < 1.29 is 29.3 Å². The van der Waals surface area contributed by atoms with Gasteiger partial charge in [-0.2, -0.15) is 0 Å². The number of aromatic hydroxyl groups is 1. The van der Waals surface area contributed by atoms with Gasteiger partial charge in [-0.3, -0.25) is 0 Å². The van der Waals surface area contributed by atoms with Gasteiger partial charge in [0.2, 0.25) is 0 Å². The highest BCUT2D eigenvalue weighted by molar-refractivity contribution is 5.94. The lowest BCUT2D eigenvalue weighted by molar-refractivity contribution is -0.134. The molecule has 2 N–H and O–H groups in total. The summed E-state index contributed by atoms with van der Waals surface area (Å²) in [5.74, 6) is -1.29. The second kappa shape index (κ2) is 9.92. The molecule has 1 aromatic carbocycles. The fourth-order valence-corrected chi connectivity index (χ4v) is 2.96. The van der Waals surface area contributed by atoms with Crippen LogP contribution in [0, 0.1) is 5.92 Å². The minimum atomic E-state index is -0.665. The van der Waals surface area contributed by atoms with E-state index in [1.807, 2.05) is 19.1 Å². The van der Waals surface area contributed by atoms with Gasteiger partial charge in [-0.15, -0.1) is 0 Å². The standard InChI is InChI=1S/C21H26O6/c1-14-7-3-4-8-15-9-5-11-17(22)20(15)21(25)27-16(13-18(14)23)10-6-12-19(24)26-2/h3-6,9,11-12,14,16,18,22-23H,7-8,10,13H2,1-2H3/b4-3+,12-6+/t14-,16?,18+/m0/s1. The lowest BCUT2D eigenvalue weighted by Gasteiger charge is -2.24.